The number of rotatable bonds is 7. The highest BCUT2D eigenvalue weighted by Gasteiger charge is 2.26. The molecule has 3 heterocycles. The summed E-state index contributed by atoms with van der Waals surface area (Å²) < 4.78 is 34.6. The number of benzene rings is 1. The van der Waals surface area contributed by atoms with Crippen LogP contribution in [0.5, 0.6) is 0 Å². The number of carbonyl (C=O) groups excluding carboxylic acids is 1. The Morgan fingerprint density at radius 1 is 1.12 bits per heavy atom. The van der Waals surface area contributed by atoms with Crippen LogP contribution in [0.1, 0.15) is 10.4 Å². The summed E-state index contributed by atoms with van der Waals surface area (Å²) in [4.78, 5) is 29.2. The van der Waals surface area contributed by atoms with Crippen molar-refractivity contribution in [3.05, 3.63) is 64.7 Å². The summed E-state index contributed by atoms with van der Waals surface area (Å²) in [6.45, 7) is 1.68. The van der Waals surface area contributed by atoms with Gasteiger partial charge in [0, 0.05) is 38.4 Å². The molecule has 174 valence electrons. The molecule has 0 spiro atoms. The molecule has 1 fully saturated rings. The number of sulfonamides is 1. The molecule has 1 N–H and O–H groups in total. The number of pyridine rings is 1. The van der Waals surface area contributed by atoms with E-state index in [1.165, 1.54) is 37.8 Å². The van der Waals surface area contributed by atoms with E-state index in [1.54, 1.807) is 25.4 Å². The molecule has 0 atom stereocenters. The van der Waals surface area contributed by atoms with E-state index in [2.05, 4.69) is 15.4 Å². The van der Waals surface area contributed by atoms with Gasteiger partial charge in [-0.05, 0) is 36.4 Å². The van der Waals surface area contributed by atoms with E-state index in [9.17, 15) is 18.0 Å². The fraction of sp³-hybridized carbons (Fsp3) is 0.333. The van der Waals surface area contributed by atoms with Gasteiger partial charge in [0.25, 0.3) is 5.91 Å². The van der Waals surface area contributed by atoms with E-state index >= 15 is 0 Å². The van der Waals surface area contributed by atoms with Crippen molar-refractivity contribution in [2.24, 2.45) is 7.05 Å². The fourth-order valence-corrected chi connectivity index (χ4v) is 4.85. The molecule has 1 amide bonds. The van der Waals surface area contributed by atoms with Gasteiger partial charge in [0.05, 0.1) is 24.7 Å². The maximum atomic E-state index is 12.7. The first-order valence-corrected chi connectivity index (χ1v) is 11.8. The van der Waals surface area contributed by atoms with Gasteiger partial charge < -0.3 is 10.1 Å². The molecule has 4 rings (SSSR count). The highest BCUT2D eigenvalue weighted by atomic mass is 32.2. The van der Waals surface area contributed by atoms with E-state index in [-0.39, 0.29) is 29.6 Å². The average Bonchev–Trinajstić information content (AvgIpc) is 3.14. The monoisotopic (exact) mass is 472 g/mol. The van der Waals surface area contributed by atoms with Crippen LogP contribution < -0.4 is 11.0 Å². The van der Waals surface area contributed by atoms with E-state index in [0.717, 1.165) is 0 Å². The number of morpholine rings is 1. The molecule has 1 aromatic carbocycles. The molecule has 0 saturated carbocycles. The molecule has 0 aliphatic carbocycles. The van der Waals surface area contributed by atoms with Crippen LogP contribution in [-0.4, -0.2) is 70.8 Å². The Bertz CT molecular complexity index is 1280. The molecule has 1 aliphatic heterocycles. The van der Waals surface area contributed by atoms with Crippen molar-refractivity contribution in [3.8, 4) is 11.5 Å². The second kappa shape index (κ2) is 9.65. The van der Waals surface area contributed by atoms with Gasteiger partial charge in [-0.1, -0.05) is 6.07 Å². The van der Waals surface area contributed by atoms with Crippen LogP contribution in [-0.2, 0) is 28.4 Å². The molecule has 11 nitrogen and oxygen atoms in total. The number of hydrogen-bond donors (Lipinski definition) is 1. The van der Waals surface area contributed by atoms with Gasteiger partial charge in [0.15, 0.2) is 5.82 Å². The van der Waals surface area contributed by atoms with Gasteiger partial charge >= 0.3 is 5.69 Å². The second-order valence-corrected chi connectivity index (χ2v) is 9.34. The van der Waals surface area contributed by atoms with Crippen LogP contribution in [0.15, 0.2) is 58.4 Å². The minimum Gasteiger partial charge on any atom is -0.379 e. The highest BCUT2D eigenvalue weighted by molar-refractivity contribution is 7.89. The van der Waals surface area contributed by atoms with Gasteiger partial charge in [-0.15, -0.1) is 5.10 Å². The lowest BCUT2D eigenvalue weighted by Gasteiger charge is -2.26. The smallest absolute Gasteiger partial charge is 0.346 e. The summed E-state index contributed by atoms with van der Waals surface area (Å²) in [6, 6.07) is 11.1. The van der Waals surface area contributed by atoms with Crippen molar-refractivity contribution in [3.63, 3.8) is 0 Å². The lowest BCUT2D eigenvalue weighted by atomic mass is 10.2. The van der Waals surface area contributed by atoms with Crippen LogP contribution in [0.25, 0.3) is 11.5 Å². The van der Waals surface area contributed by atoms with E-state index < -0.39 is 10.0 Å². The number of ether oxygens (including phenoxy) is 1. The lowest BCUT2D eigenvalue weighted by Crippen LogP contribution is -2.40. The average molecular weight is 473 g/mol. The number of hydrogen-bond acceptors (Lipinski definition) is 7. The van der Waals surface area contributed by atoms with Crippen LogP contribution in [0.4, 0.5) is 0 Å². The zero-order valence-electron chi connectivity index (χ0n) is 18.0. The molecular weight excluding hydrogens is 448 g/mol. The third-order valence-corrected chi connectivity index (χ3v) is 7.18. The molecule has 0 unspecified atom stereocenters. The highest BCUT2D eigenvalue weighted by Crippen LogP contribution is 2.17. The summed E-state index contributed by atoms with van der Waals surface area (Å²) in [6.07, 6.45) is 1.62. The van der Waals surface area contributed by atoms with Gasteiger partial charge in [-0.25, -0.2) is 17.9 Å². The quantitative estimate of drug-likeness (QED) is 0.516. The lowest BCUT2D eigenvalue weighted by molar-refractivity contribution is 0.0730. The molecular formula is C21H24N6O5S. The van der Waals surface area contributed by atoms with Crippen LogP contribution >= 0.6 is 0 Å². The van der Waals surface area contributed by atoms with Gasteiger partial charge in [0.2, 0.25) is 10.0 Å². The fourth-order valence-electron chi connectivity index (χ4n) is 3.44. The Hall–Kier alpha value is -3.35. The maximum Gasteiger partial charge on any atom is 0.346 e. The first kappa shape index (κ1) is 22.8. The Morgan fingerprint density at radius 3 is 2.52 bits per heavy atom. The number of nitrogens with zero attached hydrogens (tertiary/aromatic N) is 5. The Labute approximate surface area is 190 Å². The van der Waals surface area contributed by atoms with E-state index in [1.807, 2.05) is 6.07 Å². The summed E-state index contributed by atoms with van der Waals surface area (Å²) >= 11 is 0. The number of nitrogens with one attached hydrogen (secondary N) is 1. The largest absolute Gasteiger partial charge is 0.379 e. The molecule has 2 aromatic heterocycles. The first-order valence-electron chi connectivity index (χ1n) is 10.4. The van der Waals surface area contributed by atoms with Crippen LogP contribution in [0, 0.1) is 0 Å². The summed E-state index contributed by atoms with van der Waals surface area (Å²) in [5.41, 5.74) is 0.577. The number of carbonyl (C=O) groups is 1. The van der Waals surface area contributed by atoms with Crippen molar-refractivity contribution < 1.29 is 17.9 Å². The minimum absolute atomic E-state index is 0.128. The zero-order chi connectivity index (χ0) is 23.4. The van der Waals surface area contributed by atoms with Crippen molar-refractivity contribution in [1.82, 2.24) is 29.0 Å². The van der Waals surface area contributed by atoms with Crippen molar-refractivity contribution in [2.45, 2.75) is 11.4 Å². The zero-order valence-corrected chi connectivity index (χ0v) is 18.9. The third kappa shape index (κ3) is 4.87. The second-order valence-electron chi connectivity index (χ2n) is 7.40. The summed E-state index contributed by atoms with van der Waals surface area (Å²) in [5.74, 6) is 0.0586. The van der Waals surface area contributed by atoms with E-state index in [0.29, 0.717) is 43.4 Å². The Morgan fingerprint density at radius 2 is 1.85 bits per heavy atom. The molecule has 0 bridgehead atoms. The predicted octanol–water partition coefficient (Wildman–Crippen LogP) is 0.0947. The Kier molecular flexibility index (Phi) is 6.67. The van der Waals surface area contributed by atoms with Gasteiger partial charge in [0.1, 0.15) is 5.69 Å². The summed E-state index contributed by atoms with van der Waals surface area (Å²) in [5, 5.41) is 7.03. The standard InChI is InChI=1S/C21H24N6O5S/c1-25-19(18-4-2-3-9-22-18)24-27(21(25)29)11-10-23-20(28)16-5-7-17(8-6-16)33(30,31)26-12-14-32-15-13-26/h2-9H,10-15H2,1H3,(H,23,28). The van der Waals surface area contributed by atoms with Crippen LogP contribution in [0.3, 0.4) is 0 Å². The number of aromatic nitrogens is 4. The maximum absolute atomic E-state index is 12.7. The first-order chi connectivity index (χ1) is 15.9. The predicted molar refractivity (Wildman–Crippen MR) is 119 cm³/mol. The third-order valence-electron chi connectivity index (χ3n) is 5.27. The normalized spacial score (nSPS) is 14.8. The molecule has 3 aromatic rings. The molecule has 1 saturated heterocycles. The molecule has 33 heavy (non-hydrogen) atoms. The van der Waals surface area contributed by atoms with Gasteiger partial charge in [-0.2, -0.15) is 4.31 Å². The van der Waals surface area contributed by atoms with Crippen molar-refractivity contribution in [1.29, 1.82) is 0 Å². The van der Waals surface area contributed by atoms with Gasteiger partial charge in [-0.3, -0.25) is 14.3 Å². The minimum atomic E-state index is -3.62. The topological polar surface area (TPSA) is 128 Å². The SMILES string of the molecule is Cn1c(-c2ccccn2)nn(CCNC(=O)c2ccc(S(=O)(=O)N3CCOCC3)cc2)c1=O. The van der Waals surface area contributed by atoms with E-state index in [4.69, 9.17) is 4.74 Å². The molecule has 12 heteroatoms. The summed E-state index contributed by atoms with van der Waals surface area (Å²) in [7, 11) is -2.01. The number of amides is 1. The van der Waals surface area contributed by atoms with Crippen molar-refractivity contribution >= 4 is 15.9 Å². The molecule has 1 aliphatic rings. The molecule has 0 radical (unpaired) electrons. The van der Waals surface area contributed by atoms with Crippen molar-refractivity contribution in [2.75, 3.05) is 32.8 Å². The van der Waals surface area contributed by atoms with Crippen LogP contribution in [0.2, 0.25) is 0 Å². The Balaban J connectivity index is 1.37.